The van der Waals surface area contributed by atoms with Crippen LogP contribution in [-0.2, 0) is 9.59 Å². The molecule has 0 saturated carbocycles. The second-order valence-corrected chi connectivity index (χ2v) is 8.16. The summed E-state index contributed by atoms with van der Waals surface area (Å²) in [5, 5.41) is 4.09. The van der Waals surface area contributed by atoms with Gasteiger partial charge in [0.05, 0.1) is 17.8 Å². The largest absolute Gasteiger partial charge is 0.324 e. The minimum atomic E-state index is -1.15. The molecule has 0 aromatic heterocycles. The van der Waals surface area contributed by atoms with Gasteiger partial charge in [-0.3, -0.25) is 24.7 Å². The van der Waals surface area contributed by atoms with E-state index in [1.807, 2.05) is 0 Å². The quantitative estimate of drug-likeness (QED) is 0.501. The molecular weight excluding hydrogens is 479 g/mol. The van der Waals surface area contributed by atoms with E-state index in [2.05, 4.69) is 10.7 Å². The van der Waals surface area contributed by atoms with Gasteiger partial charge in [0, 0.05) is 10.6 Å². The van der Waals surface area contributed by atoms with Crippen LogP contribution in [-0.4, -0.2) is 33.9 Å². The zero-order valence-corrected chi connectivity index (χ0v) is 19.1. The number of thiocarbonyl (C=S) groups is 1. The Morgan fingerprint density at radius 2 is 1.62 bits per heavy atom. The van der Waals surface area contributed by atoms with Gasteiger partial charge in [-0.25, -0.2) is 9.40 Å². The first-order valence-electron chi connectivity index (χ1n) is 10.2. The first-order chi connectivity index (χ1) is 16.3. The average Bonchev–Trinajstić information content (AvgIpc) is 3.05. The van der Waals surface area contributed by atoms with Crippen molar-refractivity contribution in [3.8, 4) is 0 Å². The van der Waals surface area contributed by atoms with Crippen molar-refractivity contribution in [2.45, 2.75) is 12.5 Å². The number of nitrogens with one attached hydrogen (secondary N) is 2. The molecule has 1 unspecified atom stereocenters. The average molecular weight is 497 g/mol. The molecular formula is C24H18ClFN4O3S. The second kappa shape index (κ2) is 9.98. The van der Waals surface area contributed by atoms with Gasteiger partial charge in [-0.15, -0.1) is 0 Å². The molecule has 3 aromatic rings. The maximum absolute atomic E-state index is 14.0. The van der Waals surface area contributed by atoms with Crippen LogP contribution < -0.4 is 15.6 Å². The summed E-state index contributed by atoms with van der Waals surface area (Å²) in [6.07, 6.45) is -0.382. The van der Waals surface area contributed by atoms with Crippen molar-refractivity contribution < 1.29 is 18.8 Å². The zero-order valence-electron chi connectivity index (χ0n) is 17.6. The topological polar surface area (TPSA) is 81.8 Å². The van der Waals surface area contributed by atoms with Crippen LogP contribution in [0.25, 0.3) is 0 Å². The molecule has 0 radical (unpaired) electrons. The molecule has 4 rings (SSSR count). The maximum Gasteiger partial charge on any atom is 0.269 e. The molecule has 0 bridgehead atoms. The highest BCUT2D eigenvalue weighted by Crippen LogP contribution is 2.27. The minimum absolute atomic E-state index is 0.0136. The number of carbonyl (C=O) groups is 3. The number of carbonyl (C=O) groups excluding carboxylic acids is 3. The molecule has 172 valence electrons. The summed E-state index contributed by atoms with van der Waals surface area (Å²) in [5.41, 5.74) is 3.38. The van der Waals surface area contributed by atoms with Gasteiger partial charge in [-0.1, -0.05) is 41.9 Å². The van der Waals surface area contributed by atoms with Gasteiger partial charge >= 0.3 is 0 Å². The predicted molar refractivity (Wildman–Crippen MR) is 131 cm³/mol. The highest BCUT2D eigenvalue weighted by Gasteiger charge is 2.45. The number of hydrogen-bond acceptors (Lipinski definition) is 4. The Morgan fingerprint density at radius 3 is 2.29 bits per heavy atom. The number of amides is 3. The molecule has 7 nitrogen and oxygen atoms in total. The molecule has 3 aromatic carbocycles. The van der Waals surface area contributed by atoms with Crippen molar-refractivity contribution in [2.24, 2.45) is 0 Å². The van der Waals surface area contributed by atoms with E-state index in [0.29, 0.717) is 16.3 Å². The third kappa shape index (κ3) is 4.90. The SMILES string of the molecule is O=C(CC1C(=O)N(c2ccc(Cl)cc2)C(=S)N1NC(=O)c1ccccc1)Nc1ccccc1F. The van der Waals surface area contributed by atoms with Gasteiger partial charge < -0.3 is 5.32 Å². The lowest BCUT2D eigenvalue weighted by atomic mass is 10.1. The van der Waals surface area contributed by atoms with E-state index in [1.54, 1.807) is 60.7 Å². The van der Waals surface area contributed by atoms with Crippen LogP contribution in [0.5, 0.6) is 0 Å². The smallest absolute Gasteiger partial charge is 0.269 e. The predicted octanol–water partition coefficient (Wildman–Crippen LogP) is 4.16. The number of benzene rings is 3. The van der Waals surface area contributed by atoms with Gasteiger partial charge in [0.1, 0.15) is 11.9 Å². The number of hydrazine groups is 1. The van der Waals surface area contributed by atoms with Crippen molar-refractivity contribution in [3.63, 3.8) is 0 Å². The van der Waals surface area contributed by atoms with Crippen LogP contribution >= 0.6 is 23.8 Å². The van der Waals surface area contributed by atoms with E-state index >= 15 is 0 Å². The first kappa shape index (κ1) is 23.3. The zero-order chi connectivity index (χ0) is 24.2. The highest BCUT2D eigenvalue weighted by molar-refractivity contribution is 7.80. The summed E-state index contributed by atoms with van der Waals surface area (Å²) in [4.78, 5) is 40.1. The van der Waals surface area contributed by atoms with E-state index in [0.717, 1.165) is 0 Å². The molecule has 3 amide bonds. The fourth-order valence-electron chi connectivity index (χ4n) is 3.43. The van der Waals surface area contributed by atoms with Crippen LogP contribution in [0.4, 0.5) is 15.8 Å². The van der Waals surface area contributed by atoms with Gasteiger partial charge in [0.25, 0.3) is 11.8 Å². The van der Waals surface area contributed by atoms with E-state index in [1.165, 1.54) is 28.1 Å². The normalized spacial score (nSPS) is 15.4. The van der Waals surface area contributed by atoms with E-state index < -0.39 is 29.6 Å². The summed E-state index contributed by atoms with van der Waals surface area (Å²) in [5.74, 6) is -2.26. The highest BCUT2D eigenvalue weighted by atomic mass is 35.5. The van der Waals surface area contributed by atoms with Crippen LogP contribution in [0.15, 0.2) is 78.9 Å². The molecule has 1 aliphatic heterocycles. The number of nitrogens with zero attached hydrogens (tertiary/aromatic N) is 2. The maximum atomic E-state index is 14.0. The van der Waals surface area contributed by atoms with E-state index in [9.17, 15) is 18.8 Å². The molecule has 2 N–H and O–H groups in total. The Labute approximate surface area is 205 Å². The summed E-state index contributed by atoms with van der Waals surface area (Å²) in [6, 6.07) is 19.3. The molecule has 1 fully saturated rings. The fourth-order valence-corrected chi connectivity index (χ4v) is 3.92. The van der Waals surface area contributed by atoms with Crippen LogP contribution in [0.3, 0.4) is 0 Å². The van der Waals surface area contributed by atoms with E-state index in [-0.39, 0.29) is 17.2 Å². The summed E-state index contributed by atoms with van der Waals surface area (Å²) < 4.78 is 14.0. The molecule has 34 heavy (non-hydrogen) atoms. The molecule has 1 heterocycles. The Bertz CT molecular complexity index is 1260. The molecule has 1 aliphatic rings. The monoisotopic (exact) mass is 496 g/mol. The molecule has 0 aliphatic carbocycles. The number of hydrogen-bond donors (Lipinski definition) is 2. The number of halogens is 2. The molecule has 1 atom stereocenters. The van der Waals surface area contributed by atoms with Crippen LogP contribution in [0.1, 0.15) is 16.8 Å². The Morgan fingerprint density at radius 1 is 0.971 bits per heavy atom. The van der Waals surface area contributed by atoms with Crippen molar-refractivity contribution >= 4 is 58.0 Å². The standard InChI is InChI=1S/C24H18ClFN4O3S/c25-16-10-12-17(13-11-16)29-23(33)20(14-21(31)27-19-9-5-4-8-18(19)26)30(24(29)34)28-22(32)15-6-2-1-3-7-15/h1-13,20H,14H2,(H,27,31)(H,28,32). The first-order valence-corrected chi connectivity index (χ1v) is 11.0. The minimum Gasteiger partial charge on any atom is -0.324 e. The Kier molecular flexibility index (Phi) is 6.85. The van der Waals surface area contributed by atoms with Gasteiger partial charge in [0.2, 0.25) is 11.0 Å². The fraction of sp³-hybridized carbons (Fsp3) is 0.0833. The van der Waals surface area contributed by atoms with Gasteiger partial charge in [0.15, 0.2) is 0 Å². The van der Waals surface area contributed by atoms with Crippen molar-refractivity contribution in [1.82, 2.24) is 10.4 Å². The number of rotatable bonds is 6. The second-order valence-electron chi connectivity index (χ2n) is 7.36. The van der Waals surface area contributed by atoms with E-state index in [4.69, 9.17) is 23.8 Å². The molecule has 0 spiro atoms. The third-order valence-corrected chi connectivity index (χ3v) is 5.72. The lowest BCUT2D eigenvalue weighted by Gasteiger charge is -2.24. The Balaban J connectivity index is 1.61. The lowest BCUT2D eigenvalue weighted by Crippen LogP contribution is -2.49. The molecule has 10 heteroatoms. The van der Waals surface area contributed by atoms with Gasteiger partial charge in [-0.2, -0.15) is 0 Å². The van der Waals surface area contributed by atoms with Crippen LogP contribution in [0.2, 0.25) is 5.02 Å². The van der Waals surface area contributed by atoms with Gasteiger partial charge in [-0.05, 0) is 60.7 Å². The lowest BCUT2D eigenvalue weighted by molar-refractivity contribution is -0.124. The Hall–Kier alpha value is -3.82. The van der Waals surface area contributed by atoms with Crippen LogP contribution in [0, 0.1) is 5.82 Å². The van der Waals surface area contributed by atoms with Crippen molar-refractivity contribution in [2.75, 3.05) is 10.2 Å². The third-order valence-electron chi connectivity index (χ3n) is 5.08. The summed E-state index contributed by atoms with van der Waals surface area (Å²) in [6.45, 7) is 0. The van der Waals surface area contributed by atoms with Crippen molar-refractivity contribution in [1.29, 1.82) is 0 Å². The van der Waals surface area contributed by atoms with Crippen molar-refractivity contribution in [3.05, 3.63) is 95.3 Å². The summed E-state index contributed by atoms with van der Waals surface area (Å²) in [7, 11) is 0. The molecule has 1 saturated heterocycles. The number of anilines is 2. The summed E-state index contributed by atoms with van der Waals surface area (Å²) >= 11 is 11.5. The number of para-hydroxylation sites is 1.